The van der Waals surface area contributed by atoms with Gasteiger partial charge >= 0.3 is 5.97 Å². The Kier molecular flexibility index (Phi) is 5.56. The zero-order valence-electron chi connectivity index (χ0n) is 9.97. The van der Waals surface area contributed by atoms with Gasteiger partial charge in [-0.3, -0.25) is 4.98 Å². The van der Waals surface area contributed by atoms with Crippen molar-refractivity contribution >= 4 is 17.7 Å². The molecule has 4 nitrogen and oxygen atoms in total. The van der Waals surface area contributed by atoms with Crippen LogP contribution in [0.1, 0.15) is 12.6 Å². The largest absolute Gasteiger partial charge is 0.462 e. The van der Waals surface area contributed by atoms with E-state index >= 15 is 0 Å². The lowest BCUT2D eigenvalue weighted by Crippen LogP contribution is -2.08. The highest BCUT2D eigenvalue weighted by atomic mass is 32.2. The monoisotopic (exact) mass is 252 g/mol. The van der Waals surface area contributed by atoms with Gasteiger partial charge in [0.05, 0.1) is 12.3 Å². The number of carbonyl (C=O) groups excluding carboxylic acids is 1. The molecular weight excluding hydrogens is 236 g/mol. The zero-order valence-corrected chi connectivity index (χ0v) is 10.8. The molecule has 0 aliphatic carbocycles. The van der Waals surface area contributed by atoms with Crippen molar-refractivity contribution in [2.45, 2.75) is 18.2 Å². The molecule has 17 heavy (non-hydrogen) atoms. The van der Waals surface area contributed by atoms with Gasteiger partial charge < -0.3 is 10.5 Å². The SMILES string of the molecule is CSc1cccnc1CCOC(=O)/C=C(/C)N. The molecule has 1 aromatic rings. The third-order valence-electron chi connectivity index (χ3n) is 2.00. The Labute approximate surface area is 105 Å². The van der Waals surface area contributed by atoms with Crippen molar-refractivity contribution in [2.75, 3.05) is 12.9 Å². The van der Waals surface area contributed by atoms with Crippen LogP contribution in [-0.4, -0.2) is 23.8 Å². The quantitative estimate of drug-likeness (QED) is 0.491. The summed E-state index contributed by atoms with van der Waals surface area (Å²) in [7, 11) is 0. The molecule has 0 saturated heterocycles. The van der Waals surface area contributed by atoms with Crippen molar-refractivity contribution in [3.63, 3.8) is 0 Å². The summed E-state index contributed by atoms with van der Waals surface area (Å²) >= 11 is 1.63. The number of esters is 1. The number of aromatic nitrogens is 1. The predicted octanol–water partition coefficient (Wildman–Crippen LogP) is 1.75. The van der Waals surface area contributed by atoms with Crippen LogP contribution in [0.15, 0.2) is 35.0 Å². The average molecular weight is 252 g/mol. The van der Waals surface area contributed by atoms with Crippen LogP contribution < -0.4 is 5.73 Å². The maximum absolute atomic E-state index is 11.2. The molecule has 5 heteroatoms. The summed E-state index contributed by atoms with van der Waals surface area (Å²) < 4.78 is 5.01. The summed E-state index contributed by atoms with van der Waals surface area (Å²) in [5.74, 6) is -0.411. The van der Waals surface area contributed by atoms with Crippen LogP contribution in [0.3, 0.4) is 0 Å². The number of hydrogen-bond acceptors (Lipinski definition) is 5. The molecule has 0 aliphatic heterocycles. The lowest BCUT2D eigenvalue weighted by molar-refractivity contribution is -0.137. The van der Waals surface area contributed by atoms with Crippen molar-refractivity contribution in [2.24, 2.45) is 5.73 Å². The van der Waals surface area contributed by atoms with Crippen LogP contribution in [0.5, 0.6) is 0 Å². The highest BCUT2D eigenvalue weighted by Crippen LogP contribution is 2.17. The Balaban J connectivity index is 2.46. The number of allylic oxidation sites excluding steroid dienone is 1. The van der Waals surface area contributed by atoms with Gasteiger partial charge in [0, 0.05) is 29.3 Å². The van der Waals surface area contributed by atoms with Gasteiger partial charge in [-0.2, -0.15) is 0 Å². The number of hydrogen-bond donors (Lipinski definition) is 1. The summed E-state index contributed by atoms with van der Waals surface area (Å²) in [4.78, 5) is 16.6. The number of thioether (sulfide) groups is 1. The van der Waals surface area contributed by atoms with E-state index in [0.29, 0.717) is 18.7 Å². The van der Waals surface area contributed by atoms with Crippen LogP contribution in [-0.2, 0) is 16.0 Å². The molecule has 0 amide bonds. The summed E-state index contributed by atoms with van der Waals surface area (Å²) in [6, 6.07) is 3.89. The summed E-state index contributed by atoms with van der Waals surface area (Å²) in [6.45, 7) is 1.96. The van der Waals surface area contributed by atoms with Crippen LogP contribution >= 0.6 is 11.8 Å². The van der Waals surface area contributed by atoms with E-state index in [1.807, 2.05) is 18.4 Å². The Hall–Kier alpha value is -1.49. The van der Waals surface area contributed by atoms with Crippen LogP contribution in [0.4, 0.5) is 0 Å². The summed E-state index contributed by atoms with van der Waals surface area (Å²) in [5.41, 5.74) is 6.75. The van der Waals surface area contributed by atoms with Crippen molar-refractivity contribution in [3.05, 3.63) is 35.8 Å². The fourth-order valence-corrected chi connectivity index (χ4v) is 1.88. The number of nitrogens with two attached hydrogens (primary N) is 1. The number of rotatable bonds is 5. The molecule has 0 aliphatic rings. The molecule has 2 N–H and O–H groups in total. The average Bonchev–Trinajstić information content (AvgIpc) is 2.28. The Morgan fingerprint density at radius 3 is 3.06 bits per heavy atom. The van der Waals surface area contributed by atoms with Crippen LogP contribution in [0.2, 0.25) is 0 Å². The Morgan fingerprint density at radius 2 is 2.41 bits per heavy atom. The first kappa shape index (κ1) is 13.6. The molecule has 0 fully saturated rings. The fraction of sp³-hybridized carbons (Fsp3) is 0.333. The second-order valence-corrected chi connectivity index (χ2v) is 4.31. The van der Waals surface area contributed by atoms with Crippen LogP contribution in [0, 0.1) is 0 Å². The molecule has 0 saturated carbocycles. The lowest BCUT2D eigenvalue weighted by Gasteiger charge is -2.06. The first-order chi connectivity index (χ1) is 8.13. The number of carbonyl (C=O) groups is 1. The standard InChI is InChI=1S/C12H16N2O2S/c1-9(13)8-12(15)16-7-5-10-11(17-2)4-3-6-14-10/h3-4,6,8H,5,7,13H2,1-2H3/b9-8-. The molecule has 0 bridgehead atoms. The maximum atomic E-state index is 11.2. The molecular formula is C12H16N2O2S. The first-order valence-electron chi connectivity index (χ1n) is 5.22. The molecule has 0 atom stereocenters. The van der Waals surface area contributed by atoms with Gasteiger partial charge in [0.2, 0.25) is 0 Å². The molecule has 0 spiro atoms. The molecule has 92 valence electrons. The van der Waals surface area contributed by atoms with E-state index in [2.05, 4.69) is 4.98 Å². The van der Waals surface area contributed by atoms with Gasteiger partial charge in [-0.25, -0.2) is 4.79 Å². The maximum Gasteiger partial charge on any atom is 0.332 e. The van der Waals surface area contributed by atoms with Crippen LogP contribution in [0.25, 0.3) is 0 Å². The van der Waals surface area contributed by atoms with E-state index in [9.17, 15) is 4.79 Å². The van der Waals surface area contributed by atoms with Gasteiger partial charge in [-0.1, -0.05) is 0 Å². The summed E-state index contributed by atoms with van der Waals surface area (Å²) in [5, 5.41) is 0. The normalized spacial score (nSPS) is 11.3. The third kappa shape index (κ3) is 4.91. The topological polar surface area (TPSA) is 65.2 Å². The highest BCUT2D eigenvalue weighted by molar-refractivity contribution is 7.98. The molecule has 1 rings (SSSR count). The lowest BCUT2D eigenvalue weighted by atomic mass is 10.3. The van der Waals surface area contributed by atoms with E-state index in [1.54, 1.807) is 24.9 Å². The molecule has 0 aromatic carbocycles. The van der Waals surface area contributed by atoms with E-state index < -0.39 is 5.97 Å². The van der Waals surface area contributed by atoms with E-state index in [1.165, 1.54) is 6.08 Å². The molecule has 1 aromatic heterocycles. The Morgan fingerprint density at radius 1 is 1.65 bits per heavy atom. The second-order valence-electron chi connectivity index (χ2n) is 3.46. The van der Waals surface area contributed by atoms with Crippen molar-refractivity contribution in [3.8, 4) is 0 Å². The van der Waals surface area contributed by atoms with Crippen molar-refractivity contribution < 1.29 is 9.53 Å². The molecule has 0 unspecified atom stereocenters. The number of pyridine rings is 1. The minimum absolute atomic E-state index is 0.313. The van der Waals surface area contributed by atoms with Gasteiger partial charge in [0.1, 0.15) is 0 Å². The second kappa shape index (κ2) is 6.96. The van der Waals surface area contributed by atoms with Gasteiger partial charge in [-0.15, -0.1) is 11.8 Å². The number of nitrogens with zero attached hydrogens (tertiary/aromatic N) is 1. The Bertz CT molecular complexity index is 415. The minimum atomic E-state index is -0.411. The summed E-state index contributed by atoms with van der Waals surface area (Å²) in [6.07, 6.45) is 5.61. The van der Waals surface area contributed by atoms with E-state index in [0.717, 1.165) is 10.6 Å². The van der Waals surface area contributed by atoms with Gasteiger partial charge in [-0.05, 0) is 25.3 Å². The van der Waals surface area contributed by atoms with E-state index in [-0.39, 0.29) is 0 Å². The fourth-order valence-electron chi connectivity index (χ4n) is 1.27. The predicted molar refractivity (Wildman–Crippen MR) is 68.6 cm³/mol. The van der Waals surface area contributed by atoms with Gasteiger partial charge in [0.25, 0.3) is 0 Å². The third-order valence-corrected chi connectivity index (χ3v) is 2.81. The smallest absolute Gasteiger partial charge is 0.332 e. The molecule has 0 radical (unpaired) electrons. The van der Waals surface area contributed by atoms with Crippen molar-refractivity contribution in [1.29, 1.82) is 0 Å². The van der Waals surface area contributed by atoms with Gasteiger partial charge in [0.15, 0.2) is 0 Å². The zero-order chi connectivity index (χ0) is 12.7. The van der Waals surface area contributed by atoms with E-state index in [4.69, 9.17) is 10.5 Å². The number of ether oxygens (including phenoxy) is 1. The molecule has 1 heterocycles. The minimum Gasteiger partial charge on any atom is -0.462 e. The van der Waals surface area contributed by atoms with Crippen molar-refractivity contribution in [1.82, 2.24) is 4.98 Å². The highest BCUT2D eigenvalue weighted by Gasteiger charge is 2.04. The first-order valence-corrected chi connectivity index (χ1v) is 6.44.